The molecule has 1 spiro atoms. The van der Waals surface area contributed by atoms with E-state index in [1.54, 1.807) is 14.2 Å². The molecule has 2 atom stereocenters. The van der Waals surface area contributed by atoms with E-state index in [2.05, 4.69) is 41.4 Å². The van der Waals surface area contributed by atoms with Crippen LogP contribution in [0.4, 0.5) is 4.79 Å². The molecule has 3 aliphatic rings. The number of nitrogens with zero attached hydrogens (tertiary/aromatic N) is 3. The molecular weight excluding hydrogens is 512 g/mol. The molecule has 7 nitrogen and oxygen atoms in total. The number of amides is 2. The highest BCUT2D eigenvalue weighted by Gasteiger charge is 2.49. The fourth-order valence-electron chi connectivity index (χ4n) is 6.62. The van der Waals surface area contributed by atoms with Gasteiger partial charge in [0.2, 0.25) is 5.88 Å². The van der Waals surface area contributed by atoms with Crippen LogP contribution in [0.2, 0.25) is 5.02 Å². The number of likely N-dealkylation sites (tertiary alicyclic amines) is 1. The molecular formula is C31H35ClN4O3. The standard InChI is InChI=1S/C31H35ClN4O3/c1-20-7-4-5-8-22(20)23-9-6-10-24(28(23)32)25-17-21-11-12-26(27(21)29(33-25)39-3)35-14-13-31(18-35)19-36(15-16-38-2)30(37)34-31/h4-10,17,26H,11-16,18-19H2,1-3H3,(H,34,37)/t26-,31-/m1/s1. The number of methoxy groups -OCH3 is 2. The Balaban J connectivity index is 1.28. The quantitative estimate of drug-likeness (QED) is 0.424. The average molecular weight is 547 g/mol. The first kappa shape index (κ1) is 26.1. The van der Waals surface area contributed by atoms with Crippen LogP contribution in [0.1, 0.15) is 35.6 Å². The number of carbonyl (C=O) groups excluding carboxylic acids is 1. The second-order valence-electron chi connectivity index (χ2n) is 11.0. The predicted octanol–water partition coefficient (Wildman–Crippen LogP) is 5.49. The van der Waals surface area contributed by atoms with E-state index in [4.69, 9.17) is 26.1 Å². The van der Waals surface area contributed by atoms with Crippen LogP contribution in [-0.2, 0) is 11.2 Å². The van der Waals surface area contributed by atoms with Crippen LogP contribution in [0.15, 0.2) is 48.5 Å². The average Bonchev–Trinajstić information content (AvgIpc) is 3.63. The third-order valence-electron chi connectivity index (χ3n) is 8.58. The summed E-state index contributed by atoms with van der Waals surface area (Å²) in [5.74, 6) is 0.667. The van der Waals surface area contributed by atoms with Crippen molar-refractivity contribution in [2.45, 2.75) is 37.8 Å². The maximum atomic E-state index is 12.6. The number of nitrogens with one attached hydrogen (secondary N) is 1. The Morgan fingerprint density at radius 2 is 1.90 bits per heavy atom. The van der Waals surface area contributed by atoms with Crippen molar-refractivity contribution < 1.29 is 14.3 Å². The topological polar surface area (TPSA) is 66.9 Å². The summed E-state index contributed by atoms with van der Waals surface area (Å²) in [7, 11) is 3.36. The third kappa shape index (κ3) is 4.66. The summed E-state index contributed by atoms with van der Waals surface area (Å²) in [6.07, 6.45) is 2.89. The van der Waals surface area contributed by atoms with Gasteiger partial charge in [-0.15, -0.1) is 0 Å². The zero-order valence-corrected chi connectivity index (χ0v) is 23.6. The molecule has 2 saturated heterocycles. The van der Waals surface area contributed by atoms with Crippen molar-refractivity contribution in [2.75, 3.05) is 47.0 Å². The molecule has 2 fully saturated rings. The molecule has 0 unspecified atom stereocenters. The molecule has 1 N–H and O–H groups in total. The number of aromatic nitrogens is 1. The number of carbonyl (C=O) groups is 1. The van der Waals surface area contributed by atoms with Crippen LogP contribution in [-0.4, -0.2) is 73.4 Å². The number of hydrogen-bond donors (Lipinski definition) is 1. The molecule has 2 aromatic carbocycles. The van der Waals surface area contributed by atoms with Gasteiger partial charge in [0.25, 0.3) is 0 Å². The zero-order valence-electron chi connectivity index (χ0n) is 22.8. The summed E-state index contributed by atoms with van der Waals surface area (Å²) < 4.78 is 11.1. The van der Waals surface area contributed by atoms with E-state index < -0.39 is 0 Å². The maximum Gasteiger partial charge on any atom is 0.318 e. The van der Waals surface area contributed by atoms with Gasteiger partial charge in [-0.05, 0) is 48.9 Å². The molecule has 204 valence electrons. The molecule has 3 aromatic rings. The number of aryl methyl sites for hydroxylation is 2. The molecule has 6 rings (SSSR count). The van der Waals surface area contributed by atoms with Crippen LogP contribution >= 0.6 is 11.6 Å². The second-order valence-corrected chi connectivity index (χ2v) is 11.3. The molecule has 0 saturated carbocycles. The van der Waals surface area contributed by atoms with Crippen molar-refractivity contribution in [2.24, 2.45) is 0 Å². The fraction of sp³-hybridized carbons (Fsp3) is 0.419. The van der Waals surface area contributed by atoms with Gasteiger partial charge in [-0.2, -0.15) is 0 Å². The second kappa shape index (κ2) is 10.5. The van der Waals surface area contributed by atoms with Crippen molar-refractivity contribution in [3.63, 3.8) is 0 Å². The molecule has 0 radical (unpaired) electrons. The number of benzene rings is 2. The van der Waals surface area contributed by atoms with E-state index in [0.717, 1.165) is 61.3 Å². The number of rotatable bonds is 7. The summed E-state index contributed by atoms with van der Waals surface area (Å²) in [5, 5.41) is 3.98. The van der Waals surface area contributed by atoms with Gasteiger partial charge in [-0.3, -0.25) is 4.90 Å². The number of pyridine rings is 1. The molecule has 39 heavy (non-hydrogen) atoms. The highest BCUT2D eigenvalue weighted by Crippen LogP contribution is 2.46. The van der Waals surface area contributed by atoms with Crippen LogP contribution in [0, 0.1) is 6.92 Å². The first-order valence-corrected chi connectivity index (χ1v) is 14.0. The minimum Gasteiger partial charge on any atom is -0.481 e. The zero-order chi connectivity index (χ0) is 27.1. The lowest BCUT2D eigenvalue weighted by Gasteiger charge is -2.28. The van der Waals surface area contributed by atoms with Crippen molar-refractivity contribution in [1.82, 2.24) is 20.1 Å². The third-order valence-corrected chi connectivity index (χ3v) is 8.98. The Morgan fingerprint density at radius 3 is 2.69 bits per heavy atom. The van der Waals surface area contributed by atoms with Gasteiger partial charge in [-0.25, -0.2) is 9.78 Å². The Bertz CT molecular complexity index is 1410. The lowest BCUT2D eigenvalue weighted by atomic mass is 9.97. The van der Waals surface area contributed by atoms with Gasteiger partial charge in [0, 0.05) is 56.0 Å². The fourth-order valence-corrected chi connectivity index (χ4v) is 6.94. The molecule has 1 aliphatic carbocycles. The Kier molecular flexibility index (Phi) is 7.00. The number of fused-ring (bicyclic) bond motifs is 1. The first-order valence-electron chi connectivity index (χ1n) is 13.7. The van der Waals surface area contributed by atoms with E-state index in [9.17, 15) is 4.79 Å². The Labute approximate surface area is 235 Å². The molecule has 0 bridgehead atoms. The Hall–Kier alpha value is -3.13. The van der Waals surface area contributed by atoms with Gasteiger partial charge >= 0.3 is 6.03 Å². The lowest BCUT2D eigenvalue weighted by molar-refractivity contribution is 0.158. The summed E-state index contributed by atoms with van der Waals surface area (Å²) in [4.78, 5) is 22.0. The smallest absolute Gasteiger partial charge is 0.318 e. The SMILES string of the molecule is COCCN1C[C@]2(CCN([C@@H]3CCc4cc(-c5cccc(-c6ccccc6C)c5Cl)nc(OC)c43)C2)NC1=O. The number of urea groups is 1. The highest BCUT2D eigenvalue weighted by atomic mass is 35.5. The van der Waals surface area contributed by atoms with Crippen LogP contribution in [0.25, 0.3) is 22.4 Å². The molecule has 2 aliphatic heterocycles. The molecule has 8 heteroatoms. The normalized spacial score (nSPS) is 22.5. The summed E-state index contributed by atoms with van der Waals surface area (Å²) in [6, 6.07) is 16.9. The van der Waals surface area contributed by atoms with Crippen molar-refractivity contribution in [3.8, 4) is 28.3 Å². The van der Waals surface area contributed by atoms with Gasteiger partial charge in [0.05, 0.1) is 30.0 Å². The van der Waals surface area contributed by atoms with E-state index in [1.165, 1.54) is 16.7 Å². The van der Waals surface area contributed by atoms with E-state index in [-0.39, 0.29) is 17.6 Å². The van der Waals surface area contributed by atoms with Gasteiger partial charge < -0.3 is 19.7 Å². The van der Waals surface area contributed by atoms with Gasteiger partial charge in [0.15, 0.2) is 0 Å². The van der Waals surface area contributed by atoms with Crippen LogP contribution in [0.5, 0.6) is 5.88 Å². The van der Waals surface area contributed by atoms with Crippen LogP contribution in [0.3, 0.4) is 0 Å². The Morgan fingerprint density at radius 1 is 1.10 bits per heavy atom. The summed E-state index contributed by atoms with van der Waals surface area (Å²) in [5.41, 5.74) is 7.28. The molecule has 3 heterocycles. The van der Waals surface area contributed by atoms with Gasteiger partial charge in [-0.1, -0.05) is 54.1 Å². The van der Waals surface area contributed by atoms with Crippen molar-refractivity contribution >= 4 is 17.6 Å². The van der Waals surface area contributed by atoms with E-state index >= 15 is 0 Å². The predicted molar refractivity (Wildman–Crippen MR) is 153 cm³/mol. The lowest BCUT2D eigenvalue weighted by Crippen LogP contribution is -2.46. The number of ether oxygens (including phenoxy) is 2. The van der Waals surface area contributed by atoms with Gasteiger partial charge in [0.1, 0.15) is 0 Å². The maximum absolute atomic E-state index is 12.6. The highest BCUT2D eigenvalue weighted by molar-refractivity contribution is 6.36. The number of hydrogen-bond acceptors (Lipinski definition) is 5. The molecule has 1 aromatic heterocycles. The monoisotopic (exact) mass is 546 g/mol. The summed E-state index contributed by atoms with van der Waals surface area (Å²) >= 11 is 7.02. The minimum absolute atomic E-state index is 0.00872. The molecule has 2 amide bonds. The van der Waals surface area contributed by atoms with Crippen molar-refractivity contribution in [1.29, 1.82) is 0 Å². The number of halogens is 1. The summed E-state index contributed by atoms with van der Waals surface area (Å²) in [6.45, 7) is 5.73. The van der Waals surface area contributed by atoms with Crippen LogP contribution < -0.4 is 10.1 Å². The van der Waals surface area contributed by atoms with E-state index in [1.807, 2.05) is 29.2 Å². The van der Waals surface area contributed by atoms with E-state index in [0.29, 0.717) is 24.1 Å². The minimum atomic E-state index is -0.211. The van der Waals surface area contributed by atoms with Crippen molar-refractivity contribution in [3.05, 3.63) is 70.2 Å². The first-order chi connectivity index (χ1) is 18.9. The largest absolute Gasteiger partial charge is 0.481 e.